The van der Waals surface area contributed by atoms with E-state index in [1.165, 1.54) is 12.3 Å². The molecule has 0 bridgehead atoms. The van der Waals surface area contributed by atoms with Crippen LogP contribution in [0.5, 0.6) is 5.88 Å². The van der Waals surface area contributed by atoms with E-state index in [0.717, 1.165) is 23.9 Å². The van der Waals surface area contributed by atoms with E-state index in [-0.39, 0.29) is 13.2 Å². The smallest absolute Gasteiger partial charge is 0.245 e. The Morgan fingerprint density at radius 2 is 2.21 bits per heavy atom. The molecule has 2 N–H and O–H groups in total. The fourth-order valence-electron chi connectivity index (χ4n) is 1.30. The molecule has 1 heterocycles. The first-order valence-electron chi connectivity index (χ1n) is 5.42. The van der Waals surface area contributed by atoms with Gasteiger partial charge in [0, 0.05) is 18.3 Å². The van der Waals surface area contributed by atoms with Gasteiger partial charge in [-0.25, -0.2) is 8.78 Å². The Morgan fingerprint density at radius 1 is 1.37 bits per heavy atom. The van der Waals surface area contributed by atoms with Gasteiger partial charge in [-0.1, -0.05) is 0 Å². The van der Waals surface area contributed by atoms with Crippen LogP contribution >= 0.6 is 11.7 Å². The van der Waals surface area contributed by atoms with E-state index in [1.54, 1.807) is 0 Å². The van der Waals surface area contributed by atoms with Crippen LogP contribution in [0.4, 0.5) is 14.5 Å². The summed E-state index contributed by atoms with van der Waals surface area (Å²) in [6.07, 6.45) is 0.634. The first-order valence-corrected chi connectivity index (χ1v) is 6.15. The van der Waals surface area contributed by atoms with Crippen molar-refractivity contribution in [3.8, 4) is 5.88 Å². The lowest BCUT2D eigenvalue weighted by molar-refractivity contribution is 0.115. The van der Waals surface area contributed by atoms with E-state index < -0.39 is 17.7 Å². The summed E-state index contributed by atoms with van der Waals surface area (Å²) >= 11 is 1.00. The number of ether oxygens (including phenoxy) is 1. The summed E-state index contributed by atoms with van der Waals surface area (Å²) in [4.78, 5) is 0. The van der Waals surface area contributed by atoms with E-state index in [2.05, 4.69) is 14.1 Å². The molecule has 5 nitrogen and oxygen atoms in total. The van der Waals surface area contributed by atoms with Gasteiger partial charge in [-0.05, 0) is 12.1 Å². The SMILES string of the molecule is OC(CNc1ccc(F)c(F)c1)COc1cnsn1. The summed E-state index contributed by atoms with van der Waals surface area (Å²) < 4.78 is 38.3. The number of anilines is 1. The second kappa shape index (κ2) is 6.39. The van der Waals surface area contributed by atoms with Gasteiger partial charge in [0.05, 0.1) is 11.7 Å². The molecule has 2 rings (SSSR count). The fourth-order valence-corrected chi connectivity index (χ4v) is 1.67. The molecule has 19 heavy (non-hydrogen) atoms. The summed E-state index contributed by atoms with van der Waals surface area (Å²) in [7, 11) is 0. The lowest BCUT2D eigenvalue weighted by Gasteiger charge is -2.12. The first-order chi connectivity index (χ1) is 9.15. The number of hydrogen-bond acceptors (Lipinski definition) is 6. The molecule has 0 aliphatic heterocycles. The van der Waals surface area contributed by atoms with Crippen molar-refractivity contribution in [2.45, 2.75) is 6.10 Å². The predicted molar refractivity (Wildman–Crippen MR) is 66.3 cm³/mol. The summed E-state index contributed by atoms with van der Waals surface area (Å²) in [6, 6.07) is 3.42. The van der Waals surface area contributed by atoms with Gasteiger partial charge in [-0.3, -0.25) is 0 Å². The van der Waals surface area contributed by atoms with E-state index in [9.17, 15) is 13.9 Å². The van der Waals surface area contributed by atoms with Crippen molar-refractivity contribution < 1.29 is 18.6 Å². The Balaban J connectivity index is 1.76. The highest BCUT2D eigenvalue weighted by Gasteiger charge is 2.08. The number of benzene rings is 1. The number of halogens is 2. The van der Waals surface area contributed by atoms with Crippen LogP contribution in [0.2, 0.25) is 0 Å². The van der Waals surface area contributed by atoms with Crippen LogP contribution in [0.25, 0.3) is 0 Å². The maximum Gasteiger partial charge on any atom is 0.245 e. The zero-order valence-corrected chi connectivity index (χ0v) is 10.5. The molecule has 8 heteroatoms. The molecule has 0 amide bonds. The Morgan fingerprint density at radius 3 is 2.89 bits per heavy atom. The number of hydrogen-bond donors (Lipinski definition) is 2. The zero-order chi connectivity index (χ0) is 13.7. The second-order valence-corrected chi connectivity index (χ2v) is 4.28. The third-order valence-electron chi connectivity index (χ3n) is 2.23. The minimum atomic E-state index is -0.940. The highest BCUT2D eigenvalue weighted by atomic mass is 32.1. The molecule has 0 saturated carbocycles. The van der Waals surface area contributed by atoms with Crippen LogP contribution in [0.15, 0.2) is 24.4 Å². The third-order valence-corrected chi connectivity index (χ3v) is 2.69. The molecule has 2 aromatic rings. The molecular formula is C11H11F2N3O2S. The van der Waals surface area contributed by atoms with Crippen molar-refractivity contribution in [3.05, 3.63) is 36.0 Å². The van der Waals surface area contributed by atoms with Crippen molar-refractivity contribution in [1.29, 1.82) is 0 Å². The molecular weight excluding hydrogens is 276 g/mol. The standard InChI is InChI=1S/C11H11F2N3O2S/c12-9-2-1-7(3-10(9)13)14-4-8(17)6-18-11-5-15-19-16-11/h1-3,5,8,14,17H,4,6H2. The summed E-state index contributed by atoms with van der Waals surface area (Å²) in [6.45, 7) is 0.171. The highest BCUT2D eigenvalue weighted by molar-refractivity contribution is 6.99. The Kier molecular flexibility index (Phi) is 4.58. The zero-order valence-electron chi connectivity index (χ0n) is 9.72. The summed E-state index contributed by atoms with van der Waals surface area (Å²) in [5.41, 5.74) is 0.383. The summed E-state index contributed by atoms with van der Waals surface area (Å²) in [5, 5.41) is 12.4. The van der Waals surface area contributed by atoms with Crippen LogP contribution in [0, 0.1) is 11.6 Å². The molecule has 0 fully saturated rings. The van der Waals surface area contributed by atoms with Crippen LogP contribution in [-0.2, 0) is 0 Å². The van der Waals surface area contributed by atoms with Crippen LogP contribution in [0.3, 0.4) is 0 Å². The molecule has 0 saturated heterocycles. The average Bonchev–Trinajstić information content (AvgIpc) is 2.91. The Hall–Kier alpha value is -1.80. The Bertz CT molecular complexity index is 525. The fraction of sp³-hybridized carbons (Fsp3) is 0.273. The highest BCUT2D eigenvalue weighted by Crippen LogP contribution is 2.13. The van der Waals surface area contributed by atoms with Crippen LogP contribution in [0.1, 0.15) is 0 Å². The number of nitrogens with zero attached hydrogens (tertiary/aromatic N) is 2. The normalized spacial score (nSPS) is 12.2. The minimum absolute atomic E-state index is 0.0299. The van der Waals surface area contributed by atoms with Gasteiger partial charge >= 0.3 is 0 Å². The summed E-state index contributed by atoms with van der Waals surface area (Å²) in [5.74, 6) is -1.51. The Labute approximate surface area is 112 Å². The van der Waals surface area contributed by atoms with Crippen molar-refractivity contribution in [1.82, 2.24) is 8.75 Å². The number of nitrogens with one attached hydrogen (secondary N) is 1. The predicted octanol–water partition coefficient (Wildman–Crippen LogP) is 1.67. The van der Waals surface area contributed by atoms with Gasteiger partial charge in [0.25, 0.3) is 0 Å². The number of aromatic nitrogens is 2. The number of aliphatic hydroxyl groups excluding tert-OH is 1. The lowest BCUT2D eigenvalue weighted by Crippen LogP contribution is -2.26. The molecule has 1 aromatic heterocycles. The molecule has 0 spiro atoms. The number of aliphatic hydroxyl groups is 1. The molecule has 0 radical (unpaired) electrons. The van der Waals surface area contributed by atoms with E-state index in [0.29, 0.717) is 11.6 Å². The van der Waals surface area contributed by atoms with Gasteiger partial charge in [-0.15, -0.1) is 4.37 Å². The van der Waals surface area contributed by atoms with Crippen molar-refractivity contribution in [2.75, 3.05) is 18.5 Å². The van der Waals surface area contributed by atoms with Gasteiger partial charge in [0.2, 0.25) is 5.88 Å². The quantitative estimate of drug-likeness (QED) is 0.846. The molecule has 1 unspecified atom stereocenters. The maximum absolute atomic E-state index is 12.9. The maximum atomic E-state index is 12.9. The molecule has 0 aliphatic carbocycles. The second-order valence-electron chi connectivity index (χ2n) is 3.72. The first kappa shape index (κ1) is 13.6. The van der Waals surface area contributed by atoms with E-state index in [1.807, 2.05) is 0 Å². The van der Waals surface area contributed by atoms with Crippen molar-refractivity contribution in [2.24, 2.45) is 0 Å². The average molecular weight is 287 g/mol. The topological polar surface area (TPSA) is 67.3 Å². The van der Waals surface area contributed by atoms with Gasteiger partial charge in [-0.2, -0.15) is 4.37 Å². The van der Waals surface area contributed by atoms with Crippen LogP contribution in [-0.4, -0.2) is 33.1 Å². The minimum Gasteiger partial charge on any atom is -0.473 e. The van der Waals surface area contributed by atoms with Crippen molar-refractivity contribution in [3.63, 3.8) is 0 Å². The van der Waals surface area contributed by atoms with E-state index >= 15 is 0 Å². The largest absolute Gasteiger partial charge is 0.473 e. The van der Waals surface area contributed by atoms with Gasteiger partial charge in [0.15, 0.2) is 11.6 Å². The molecule has 1 atom stereocenters. The van der Waals surface area contributed by atoms with E-state index in [4.69, 9.17) is 4.74 Å². The number of rotatable bonds is 6. The van der Waals surface area contributed by atoms with Crippen LogP contribution < -0.4 is 10.1 Å². The lowest BCUT2D eigenvalue weighted by atomic mass is 10.3. The van der Waals surface area contributed by atoms with Gasteiger partial charge in [0.1, 0.15) is 18.9 Å². The molecule has 1 aromatic carbocycles. The van der Waals surface area contributed by atoms with Gasteiger partial charge < -0.3 is 15.2 Å². The molecule has 102 valence electrons. The monoisotopic (exact) mass is 287 g/mol. The van der Waals surface area contributed by atoms with Crippen molar-refractivity contribution >= 4 is 17.4 Å². The molecule has 0 aliphatic rings. The third kappa shape index (κ3) is 4.11.